The van der Waals surface area contributed by atoms with Gasteiger partial charge in [-0.2, -0.15) is 0 Å². The third kappa shape index (κ3) is 3.21. The van der Waals surface area contributed by atoms with Crippen molar-refractivity contribution < 1.29 is 9.53 Å². The number of hydrogen-bond acceptors (Lipinski definition) is 7. The fraction of sp³-hybridized carbons (Fsp3) is 0.846. The van der Waals surface area contributed by atoms with E-state index in [1.54, 1.807) is 11.7 Å². The second kappa shape index (κ2) is 5.92. The Morgan fingerprint density at radius 2 is 2.24 bits per heavy atom. The van der Waals surface area contributed by atoms with Gasteiger partial charge in [0.15, 0.2) is 0 Å². The lowest BCUT2D eigenvalue weighted by molar-refractivity contribution is -0.151. The molecule has 1 heterocycles. The summed E-state index contributed by atoms with van der Waals surface area (Å²) in [7, 11) is 1.81. The maximum absolute atomic E-state index is 12.6. The highest BCUT2D eigenvalue weighted by molar-refractivity contribution is 7.99. The van der Waals surface area contributed by atoms with Crippen LogP contribution in [0, 0.1) is 5.92 Å². The van der Waals surface area contributed by atoms with Gasteiger partial charge < -0.3 is 4.74 Å². The van der Waals surface area contributed by atoms with Crippen molar-refractivity contribution in [2.75, 3.05) is 12.4 Å². The third-order valence-corrected chi connectivity index (χ3v) is 5.17. The number of thioether (sulfide) groups is 1. The van der Waals surface area contributed by atoms with E-state index in [9.17, 15) is 4.79 Å². The summed E-state index contributed by atoms with van der Waals surface area (Å²) in [6.45, 7) is 2.27. The number of aryl methyl sites for hydroxylation is 1. The second-order valence-corrected chi connectivity index (χ2v) is 6.70. The van der Waals surface area contributed by atoms with E-state index in [0.717, 1.165) is 30.8 Å². The zero-order chi connectivity index (χ0) is 14.9. The summed E-state index contributed by atoms with van der Waals surface area (Å²) in [5.74, 6) is 0.856. The standard InChI is InChI=1S/C13H21N5O2S/c1-3-20-11(19)13(9-4-5-9,14-10-6-7-10)8-21-12-15-16-17-18(12)2/h9-10,14H,3-8H2,1-2H3. The van der Waals surface area contributed by atoms with E-state index in [-0.39, 0.29) is 5.97 Å². The van der Waals surface area contributed by atoms with E-state index in [1.165, 1.54) is 11.8 Å². The number of carbonyl (C=O) groups is 1. The predicted octanol–water partition coefficient (Wildman–Crippen LogP) is 0.766. The summed E-state index contributed by atoms with van der Waals surface area (Å²) >= 11 is 1.52. The van der Waals surface area contributed by atoms with Crippen LogP contribution in [0.2, 0.25) is 0 Å². The molecule has 0 saturated heterocycles. The lowest BCUT2D eigenvalue weighted by Gasteiger charge is -2.32. The van der Waals surface area contributed by atoms with Crippen LogP contribution in [0.4, 0.5) is 0 Å². The molecule has 1 aromatic heterocycles. The summed E-state index contributed by atoms with van der Waals surface area (Å²) in [6, 6.07) is 0.452. The minimum atomic E-state index is -0.589. The normalized spacial score (nSPS) is 21.0. The zero-order valence-electron chi connectivity index (χ0n) is 12.4. The summed E-state index contributed by atoms with van der Waals surface area (Å²) in [6.07, 6.45) is 4.44. The van der Waals surface area contributed by atoms with E-state index in [1.807, 2.05) is 6.92 Å². The number of ether oxygens (including phenoxy) is 1. The number of nitrogens with zero attached hydrogens (tertiary/aromatic N) is 4. The molecule has 7 nitrogen and oxygen atoms in total. The molecule has 1 atom stereocenters. The Morgan fingerprint density at radius 1 is 1.48 bits per heavy atom. The Morgan fingerprint density at radius 3 is 2.76 bits per heavy atom. The molecule has 0 bridgehead atoms. The van der Waals surface area contributed by atoms with Crippen molar-refractivity contribution in [3.8, 4) is 0 Å². The molecule has 2 aliphatic carbocycles. The molecule has 2 aliphatic rings. The average Bonchev–Trinajstić information content (AvgIpc) is 3.35. The fourth-order valence-corrected chi connectivity index (χ4v) is 3.62. The Hall–Kier alpha value is -1.15. The van der Waals surface area contributed by atoms with E-state index < -0.39 is 5.54 Å². The van der Waals surface area contributed by atoms with Crippen molar-refractivity contribution in [1.82, 2.24) is 25.5 Å². The smallest absolute Gasteiger partial charge is 0.327 e. The molecule has 1 unspecified atom stereocenters. The lowest BCUT2D eigenvalue weighted by atomic mass is 9.95. The molecule has 116 valence electrons. The average molecular weight is 311 g/mol. The summed E-state index contributed by atoms with van der Waals surface area (Å²) in [5.41, 5.74) is -0.589. The van der Waals surface area contributed by atoms with Gasteiger partial charge in [-0.05, 0) is 49.0 Å². The SMILES string of the molecule is CCOC(=O)C(CSc1nnnn1C)(NC1CC1)C1CC1. The molecule has 0 aromatic carbocycles. The lowest BCUT2D eigenvalue weighted by Crippen LogP contribution is -2.58. The van der Waals surface area contributed by atoms with Crippen molar-refractivity contribution in [2.45, 2.75) is 49.3 Å². The molecule has 0 aliphatic heterocycles. The number of nitrogens with one attached hydrogen (secondary N) is 1. The van der Waals surface area contributed by atoms with E-state index in [4.69, 9.17) is 4.74 Å². The van der Waals surface area contributed by atoms with Crippen molar-refractivity contribution in [3.63, 3.8) is 0 Å². The quantitative estimate of drug-likeness (QED) is 0.561. The molecule has 3 rings (SSSR count). The molecule has 2 saturated carbocycles. The molecule has 8 heteroatoms. The highest BCUT2D eigenvalue weighted by Crippen LogP contribution is 2.44. The number of tetrazole rings is 1. The van der Waals surface area contributed by atoms with Gasteiger partial charge in [0.25, 0.3) is 0 Å². The van der Waals surface area contributed by atoms with Crippen LogP contribution in [0.15, 0.2) is 5.16 Å². The number of aromatic nitrogens is 4. The van der Waals surface area contributed by atoms with E-state index in [0.29, 0.717) is 24.3 Å². The molecular weight excluding hydrogens is 290 g/mol. The summed E-state index contributed by atoms with van der Waals surface area (Å²) in [4.78, 5) is 12.6. The highest BCUT2D eigenvalue weighted by Gasteiger charge is 2.54. The molecule has 1 N–H and O–H groups in total. The summed E-state index contributed by atoms with van der Waals surface area (Å²) < 4.78 is 6.99. The Balaban J connectivity index is 1.76. The molecule has 1 aromatic rings. The molecule has 0 amide bonds. The van der Waals surface area contributed by atoms with Gasteiger partial charge in [0, 0.05) is 18.8 Å². The monoisotopic (exact) mass is 311 g/mol. The second-order valence-electron chi connectivity index (χ2n) is 5.76. The first-order chi connectivity index (χ1) is 10.2. The van der Waals surface area contributed by atoms with Crippen LogP contribution in [-0.4, -0.2) is 50.1 Å². The van der Waals surface area contributed by atoms with Gasteiger partial charge in [-0.25, -0.2) is 4.68 Å². The topological polar surface area (TPSA) is 81.9 Å². The van der Waals surface area contributed by atoms with Crippen molar-refractivity contribution in [3.05, 3.63) is 0 Å². The maximum Gasteiger partial charge on any atom is 0.327 e. The Kier molecular flexibility index (Phi) is 4.17. The van der Waals surface area contributed by atoms with Gasteiger partial charge in [0.05, 0.1) is 6.61 Å². The van der Waals surface area contributed by atoms with E-state index >= 15 is 0 Å². The number of carbonyl (C=O) groups excluding carboxylic acids is 1. The van der Waals surface area contributed by atoms with Gasteiger partial charge >= 0.3 is 5.97 Å². The first-order valence-corrected chi connectivity index (χ1v) is 8.44. The zero-order valence-corrected chi connectivity index (χ0v) is 13.2. The third-order valence-electron chi connectivity index (χ3n) is 3.96. The van der Waals surface area contributed by atoms with Gasteiger partial charge in [-0.3, -0.25) is 10.1 Å². The molecule has 0 radical (unpaired) electrons. The molecule has 21 heavy (non-hydrogen) atoms. The molecule has 2 fully saturated rings. The minimum absolute atomic E-state index is 0.123. The Labute approximate surface area is 128 Å². The summed E-state index contributed by atoms with van der Waals surface area (Å²) in [5, 5.41) is 15.7. The van der Waals surface area contributed by atoms with Crippen LogP contribution in [-0.2, 0) is 16.6 Å². The first kappa shape index (κ1) is 14.8. The van der Waals surface area contributed by atoms with Crippen LogP contribution in [0.5, 0.6) is 0 Å². The Bertz CT molecular complexity index is 514. The van der Waals surface area contributed by atoms with Crippen LogP contribution in [0.3, 0.4) is 0 Å². The van der Waals surface area contributed by atoms with Crippen LogP contribution in [0.25, 0.3) is 0 Å². The number of hydrogen-bond donors (Lipinski definition) is 1. The number of rotatable bonds is 8. The van der Waals surface area contributed by atoms with Crippen molar-refractivity contribution in [1.29, 1.82) is 0 Å². The van der Waals surface area contributed by atoms with Crippen LogP contribution in [0.1, 0.15) is 32.6 Å². The number of esters is 1. The minimum Gasteiger partial charge on any atom is -0.465 e. The first-order valence-electron chi connectivity index (χ1n) is 7.46. The largest absolute Gasteiger partial charge is 0.465 e. The van der Waals surface area contributed by atoms with Gasteiger partial charge in [-0.1, -0.05) is 11.8 Å². The van der Waals surface area contributed by atoms with Crippen LogP contribution < -0.4 is 5.32 Å². The van der Waals surface area contributed by atoms with E-state index in [2.05, 4.69) is 20.8 Å². The van der Waals surface area contributed by atoms with Gasteiger partial charge in [-0.15, -0.1) is 5.10 Å². The van der Waals surface area contributed by atoms with Crippen molar-refractivity contribution >= 4 is 17.7 Å². The van der Waals surface area contributed by atoms with Crippen molar-refractivity contribution in [2.24, 2.45) is 13.0 Å². The van der Waals surface area contributed by atoms with Gasteiger partial charge in [0.2, 0.25) is 5.16 Å². The maximum atomic E-state index is 12.6. The predicted molar refractivity (Wildman–Crippen MR) is 77.8 cm³/mol. The fourth-order valence-electron chi connectivity index (χ4n) is 2.51. The molecular formula is C13H21N5O2S. The van der Waals surface area contributed by atoms with Crippen LogP contribution >= 0.6 is 11.8 Å². The van der Waals surface area contributed by atoms with Gasteiger partial charge in [0.1, 0.15) is 5.54 Å². The highest BCUT2D eigenvalue weighted by atomic mass is 32.2. The molecule has 0 spiro atoms.